The third-order valence-electron chi connectivity index (χ3n) is 13.5. The van der Waals surface area contributed by atoms with Crippen LogP contribution in [0.25, 0.3) is 49.9 Å². The van der Waals surface area contributed by atoms with Gasteiger partial charge in [-0.15, -0.1) is 48.1 Å². The first-order valence-electron chi connectivity index (χ1n) is 26.4. The molecule has 0 N–H and O–H groups in total. The maximum Gasteiger partial charge on any atom is 0.135 e. The Bertz CT molecular complexity index is 3660. The zero-order chi connectivity index (χ0) is 53.0. The molecule has 1 aliphatic heterocycles. The van der Waals surface area contributed by atoms with Gasteiger partial charge in [-0.3, -0.25) is 0 Å². The Morgan fingerprint density at radius 3 is 1.79 bits per heavy atom. The molecule has 9 aromatic rings. The van der Waals surface area contributed by atoms with Gasteiger partial charge in [-0.2, -0.15) is 11.6 Å². The standard InChI is InChI=1S/C65H65N4O.Pt/c1-42-31-49(39-51(32-42)70-50-27-28-53-52-23-17-18-24-56(52)69(59(53)40-50)60-38-45(29-30-66-60)62(2,3)4)67-41-68(58-26-20-19-25-57(58)67)61-54(43-21-15-14-16-22-43)36-48(65(11,12)13)37-55(61)44-33-46(63(5,6)7)35-47(34-44)64(8,9)10;/h14-38,41H,1-13H3;/q-3;/i17D,18D,23D,24D;. The molecule has 0 aliphatic carbocycles. The molecular formula is C65H65N4OPt-3. The van der Waals surface area contributed by atoms with Crippen LogP contribution >= 0.6 is 0 Å². The van der Waals surface area contributed by atoms with E-state index in [9.17, 15) is 0 Å². The number of para-hydroxylation sites is 3. The second-order valence-corrected chi connectivity index (χ2v) is 23.0. The Balaban J connectivity index is 0.00000689. The average molecular weight is 1120 g/mol. The Labute approximate surface area is 442 Å². The zero-order valence-corrected chi connectivity index (χ0v) is 45.5. The number of hydrogen-bond acceptors (Lipinski definition) is 4. The molecule has 0 saturated carbocycles. The van der Waals surface area contributed by atoms with Crippen molar-refractivity contribution in [1.82, 2.24) is 9.55 Å². The van der Waals surface area contributed by atoms with Crippen molar-refractivity contribution >= 4 is 44.6 Å². The molecule has 5 nitrogen and oxygen atoms in total. The summed E-state index contributed by atoms with van der Waals surface area (Å²) in [6, 6.07) is 49.2. The summed E-state index contributed by atoms with van der Waals surface area (Å²) in [5.41, 5.74) is 14.6. The summed E-state index contributed by atoms with van der Waals surface area (Å²) in [6.07, 6.45) is 1.75. The Morgan fingerprint density at radius 1 is 0.549 bits per heavy atom. The van der Waals surface area contributed by atoms with Crippen LogP contribution in [0, 0.1) is 25.7 Å². The monoisotopic (exact) mass is 1120 g/mol. The number of ether oxygens (including phenoxy) is 1. The van der Waals surface area contributed by atoms with Crippen LogP contribution in [0.4, 0.5) is 22.7 Å². The van der Waals surface area contributed by atoms with Gasteiger partial charge in [0.1, 0.15) is 5.82 Å². The molecule has 0 atom stereocenters. The number of nitrogens with zero attached hydrogens (tertiary/aromatic N) is 4. The predicted molar refractivity (Wildman–Crippen MR) is 295 cm³/mol. The van der Waals surface area contributed by atoms with Crippen LogP contribution in [0.5, 0.6) is 11.5 Å². The number of pyridine rings is 1. The van der Waals surface area contributed by atoms with E-state index in [0.717, 1.165) is 50.6 Å². The summed E-state index contributed by atoms with van der Waals surface area (Å²) >= 11 is 0. The SMILES string of the molecule is [2H]c1c([2H])c([2H])c2c(c1[2H])c1ccc(Oc3[c-]c(N4[CH-]N(c5c(-c6ccccc6)cc(C(C)(C)C)cc5-c5cc(C(C)(C)C)cc(C(C)(C)C)c5)c5ccccc54)cc(C)c3)[c-]c1n2-c1cc(C(C)(C)C)ccn1.[Pt]. The minimum atomic E-state index is -0.311. The third kappa shape index (κ3) is 9.59. The Hall–Kier alpha value is -6.42. The van der Waals surface area contributed by atoms with Crippen LogP contribution in [0.1, 0.15) is 116 Å². The molecular weight excluding hydrogens is 1050 g/mol. The van der Waals surface area contributed by atoms with E-state index in [-0.39, 0.29) is 66.9 Å². The van der Waals surface area contributed by atoms with E-state index in [2.05, 4.69) is 210 Å². The molecule has 0 amide bonds. The molecule has 0 unspecified atom stereocenters. The smallest absolute Gasteiger partial charge is 0.135 e. The minimum Gasteiger partial charge on any atom is -0.509 e. The molecule has 7 aromatic carbocycles. The van der Waals surface area contributed by atoms with Crippen molar-refractivity contribution in [1.29, 1.82) is 0 Å². The number of fused-ring (bicyclic) bond motifs is 4. The summed E-state index contributed by atoms with van der Waals surface area (Å²) in [6.45, 7) is 31.3. The molecule has 2 aromatic heterocycles. The molecule has 6 heteroatoms. The first-order chi connectivity index (χ1) is 34.8. The van der Waals surface area contributed by atoms with Gasteiger partial charge in [0.05, 0.1) is 5.48 Å². The fraction of sp³-hybridized carbons (Fsp3) is 0.262. The van der Waals surface area contributed by atoms with Crippen LogP contribution in [0.2, 0.25) is 0 Å². The Kier molecular flexibility index (Phi) is 11.5. The van der Waals surface area contributed by atoms with Crippen molar-refractivity contribution in [3.8, 4) is 39.6 Å². The first-order valence-corrected chi connectivity index (χ1v) is 24.4. The van der Waals surface area contributed by atoms with E-state index in [1.165, 1.54) is 22.3 Å². The molecule has 364 valence electrons. The van der Waals surface area contributed by atoms with Gasteiger partial charge in [-0.25, -0.2) is 4.98 Å². The van der Waals surface area contributed by atoms with Crippen LogP contribution < -0.4 is 14.5 Å². The van der Waals surface area contributed by atoms with E-state index in [1.54, 1.807) is 16.8 Å². The molecule has 0 fully saturated rings. The molecule has 0 radical (unpaired) electrons. The third-order valence-corrected chi connectivity index (χ3v) is 13.5. The van der Waals surface area contributed by atoms with Crippen LogP contribution in [-0.4, -0.2) is 9.55 Å². The van der Waals surface area contributed by atoms with E-state index in [4.69, 9.17) is 15.2 Å². The van der Waals surface area contributed by atoms with Gasteiger partial charge in [-0.1, -0.05) is 174 Å². The summed E-state index contributed by atoms with van der Waals surface area (Å²) in [4.78, 5) is 9.31. The van der Waals surface area contributed by atoms with Gasteiger partial charge < -0.3 is 19.1 Å². The molecule has 71 heavy (non-hydrogen) atoms. The summed E-state index contributed by atoms with van der Waals surface area (Å²) in [5.74, 6) is 1.40. The van der Waals surface area contributed by atoms with Gasteiger partial charge >= 0.3 is 0 Å². The molecule has 10 rings (SSSR count). The van der Waals surface area contributed by atoms with Crippen molar-refractivity contribution in [2.45, 2.75) is 112 Å². The number of benzene rings is 7. The molecule has 0 saturated heterocycles. The fourth-order valence-electron chi connectivity index (χ4n) is 9.40. The van der Waals surface area contributed by atoms with Gasteiger partial charge in [-0.05, 0) is 103 Å². The largest absolute Gasteiger partial charge is 0.509 e. The van der Waals surface area contributed by atoms with E-state index in [1.807, 2.05) is 24.3 Å². The maximum absolute atomic E-state index is 9.11. The Morgan fingerprint density at radius 2 is 1.14 bits per heavy atom. The van der Waals surface area contributed by atoms with Crippen LogP contribution in [-0.2, 0) is 42.7 Å². The number of aryl methyl sites for hydroxylation is 1. The number of anilines is 4. The van der Waals surface area contributed by atoms with Crippen molar-refractivity contribution in [2.24, 2.45) is 0 Å². The molecule has 0 bridgehead atoms. The van der Waals surface area contributed by atoms with Gasteiger partial charge in [0.25, 0.3) is 0 Å². The second kappa shape index (κ2) is 18.3. The van der Waals surface area contributed by atoms with Crippen molar-refractivity contribution in [2.75, 3.05) is 9.80 Å². The quantitative estimate of drug-likeness (QED) is 0.149. The van der Waals surface area contributed by atoms with Crippen molar-refractivity contribution in [3.63, 3.8) is 0 Å². The average Bonchev–Trinajstić information content (AvgIpc) is 3.90. The van der Waals surface area contributed by atoms with E-state index < -0.39 is 0 Å². The van der Waals surface area contributed by atoms with Crippen LogP contribution in [0.15, 0.2) is 152 Å². The summed E-state index contributed by atoms with van der Waals surface area (Å²) in [7, 11) is 0. The van der Waals surface area contributed by atoms with Crippen molar-refractivity contribution in [3.05, 3.63) is 198 Å². The predicted octanol–water partition coefficient (Wildman–Crippen LogP) is 17.8. The molecule has 1 aliphatic rings. The van der Waals surface area contributed by atoms with Gasteiger partial charge in [0, 0.05) is 72.5 Å². The second-order valence-electron chi connectivity index (χ2n) is 23.0. The molecule has 3 heterocycles. The fourth-order valence-corrected chi connectivity index (χ4v) is 9.40. The summed E-state index contributed by atoms with van der Waals surface area (Å²) < 4.78 is 43.9. The number of rotatable bonds is 7. The summed E-state index contributed by atoms with van der Waals surface area (Å²) in [5, 5.41) is 1.02. The van der Waals surface area contributed by atoms with E-state index in [0.29, 0.717) is 39.1 Å². The van der Waals surface area contributed by atoms with Gasteiger partial charge in [0.2, 0.25) is 0 Å². The molecule has 0 spiro atoms. The van der Waals surface area contributed by atoms with E-state index >= 15 is 0 Å². The maximum atomic E-state index is 9.11. The van der Waals surface area contributed by atoms with Gasteiger partial charge in [0.15, 0.2) is 0 Å². The normalized spacial score (nSPS) is 14.0. The minimum absolute atomic E-state index is 0. The number of hydrogen-bond donors (Lipinski definition) is 0. The van der Waals surface area contributed by atoms with Crippen LogP contribution in [0.3, 0.4) is 0 Å². The zero-order valence-electron chi connectivity index (χ0n) is 47.2. The number of aromatic nitrogens is 2. The first kappa shape index (κ1) is 44.5. The topological polar surface area (TPSA) is 33.5 Å². The van der Waals surface area contributed by atoms with Crippen molar-refractivity contribution < 1.29 is 31.3 Å².